The van der Waals surface area contributed by atoms with Gasteiger partial charge in [0.1, 0.15) is 12.5 Å². The summed E-state index contributed by atoms with van der Waals surface area (Å²) in [5, 5.41) is 19.3. The second-order valence-electron chi connectivity index (χ2n) is 3.78. The third-order valence-electron chi connectivity index (χ3n) is 2.52. The Labute approximate surface area is 96.6 Å². The third-order valence-corrected chi connectivity index (χ3v) is 2.52. The van der Waals surface area contributed by atoms with Crippen LogP contribution in [-0.2, 0) is 6.67 Å². The zero-order valence-electron chi connectivity index (χ0n) is 9.11. The number of nitrogens with zero attached hydrogens (tertiary/aromatic N) is 1. The molecule has 0 aliphatic heterocycles. The number of hydrogen-bond acceptors (Lipinski definition) is 2. The minimum Gasteiger partial charge on any atom is -0.494 e. The molecule has 2 N–H and O–H groups in total. The lowest BCUT2D eigenvalue weighted by molar-refractivity contribution is 0.390. The number of aromatic nitrogens is 1. The molecule has 0 radical (unpaired) electrons. The van der Waals surface area contributed by atoms with E-state index in [4.69, 9.17) is 0 Å². The van der Waals surface area contributed by atoms with Crippen LogP contribution < -0.4 is 0 Å². The number of benzene rings is 1. The van der Waals surface area contributed by atoms with Crippen LogP contribution in [0.2, 0.25) is 0 Å². The van der Waals surface area contributed by atoms with Crippen LogP contribution in [0.15, 0.2) is 24.3 Å². The summed E-state index contributed by atoms with van der Waals surface area (Å²) in [6.45, 7) is 0.816. The minimum atomic E-state index is -0.931. The van der Waals surface area contributed by atoms with E-state index >= 15 is 0 Å². The third kappa shape index (κ3) is 1.84. The molecule has 0 saturated carbocycles. The van der Waals surface area contributed by atoms with Gasteiger partial charge < -0.3 is 10.2 Å². The fraction of sp³-hybridized carbons (Fsp3) is 0.167. The maximum Gasteiger partial charge on any atom is 0.204 e. The summed E-state index contributed by atoms with van der Waals surface area (Å²) >= 11 is 0. The van der Waals surface area contributed by atoms with Gasteiger partial charge in [0.15, 0.2) is 5.88 Å². The summed E-state index contributed by atoms with van der Waals surface area (Å²) < 4.78 is 27.0. The van der Waals surface area contributed by atoms with Crippen LogP contribution >= 0.6 is 0 Å². The van der Waals surface area contributed by atoms with Crippen LogP contribution in [0.1, 0.15) is 11.1 Å². The van der Waals surface area contributed by atoms with Crippen LogP contribution in [0.25, 0.3) is 5.69 Å². The van der Waals surface area contributed by atoms with E-state index in [9.17, 15) is 19.0 Å². The quantitative estimate of drug-likeness (QED) is 0.846. The van der Waals surface area contributed by atoms with E-state index in [2.05, 4.69) is 0 Å². The Morgan fingerprint density at radius 3 is 2.53 bits per heavy atom. The zero-order valence-corrected chi connectivity index (χ0v) is 9.11. The Kier molecular flexibility index (Phi) is 2.75. The highest BCUT2D eigenvalue weighted by atomic mass is 19.1. The van der Waals surface area contributed by atoms with Gasteiger partial charge in [0, 0.05) is 11.6 Å². The van der Waals surface area contributed by atoms with Crippen molar-refractivity contribution >= 4 is 0 Å². The number of rotatable bonds is 2. The highest BCUT2D eigenvalue weighted by Gasteiger charge is 2.17. The van der Waals surface area contributed by atoms with Crippen molar-refractivity contribution in [1.29, 1.82) is 0 Å². The average molecular weight is 239 g/mol. The molecule has 0 unspecified atom stereocenters. The van der Waals surface area contributed by atoms with Crippen molar-refractivity contribution in [2.75, 3.05) is 0 Å². The zero-order chi connectivity index (χ0) is 12.6. The van der Waals surface area contributed by atoms with E-state index in [0.717, 1.165) is 16.2 Å². The first-order valence-electron chi connectivity index (χ1n) is 4.99. The lowest BCUT2D eigenvalue weighted by Crippen LogP contribution is -1.97. The standard InChI is InChI=1S/C12H11F2NO2/c1-7-2-3-9(14)10(4-7)15-11(16)5-8(6-13)12(15)17/h2-5,16-17H,6H2,1H3. The van der Waals surface area contributed by atoms with Crippen molar-refractivity contribution in [2.45, 2.75) is 13.6 Å². The van der Waals surface area contributed by atoms with Gasteiger partial charge >= 0.3 is 0 Å². The molecule has 3 nitrogen and oxygen atoms in total. The highest BCUT2D eigenvalue weighted by Crippen LogP contribution is 2.33. The monoisotopic (exact) mass is 239 g/mol. The number of hydrogen-bond donors (Lipinski definition) is 2. The molecule has 5 heteroatoms. The van der Waals surface area contributed by atoms with Gasteiger partial charge in [-0.15, -0.1) is 0 Å². The molecule has 2 rings (SSSR count). The van der Waals surface area contributed by atoms with Crippen LogP contribution in [0, 0.1) is 12.7 Å². The molecule has 0 aliphatic rings. The Morgan fingerprint density at radius 1 is 1.24 bits per heavy atom. The fourth-order valence-corrected chi connectivity index (χ4v) is 1.67. The van der Waals surface area contributed by atoms with Crippen molar-refractivity contribution in [3.63, 3.8) is 0 Å². The van der Waals surface area contributed by atoms with E-state index in [1.165, 1.54) is 12.1 Å². The minimum absolute atomic E-state index is 0.0142. The Bertz CT molecular complexity index is 564. The van der Waals surface area contributed by atoms with Crippen LogP contribution in [0.5, 0.6) is 11.8 Å². The predicted octanol–water partition coefficient (Wildman–Crippen LogP) is 2.81. The first-order chi connectivity index (χ1) is 8.04. The van der Waals surface area contributed by atoms with Crippen LogP contribution in [-0.4, -0.2) is 14.8 Å². The largest absolute Gasteiger partial charge is 0.494 e. The molecule has 0 spiro atoms. The molecule has 1 heterocycles. The van der Waals surface area contributed by atoms with Crippen LogP contribution in [0.3, 0.4) is 0 Å². The number of aromatic hydroxyl groups is 2. The summed E-state index contributed by atoms with van der Waals surface area (Å²) in [5.74, 6) is -1.50. The summed E-state index contributed by atoms with van der Waals surface area (Å²) in [6.07, 6.45) is 0. The van der Waals surface area contributed by atoms with E-state index in [0.29, 0.717) is 0 Å². The molecule has 0 atom stereocenters. The SMILES string of the molecule is Cc1ccc(F)c(-n2c(O)cc(CF)c2O)c1. The fourth-order valence-electron chi connectivity index (χ4n) is 1.67. The van der Waals surface area contributed by atoms with Gasteiger partial charge in [0.05, 0.1) is 5.69 Å². The van der Waals surface area contributed by atoms with Crippen molar-refractivity contribution in [2.24, 2.45) is 0 Å². The Morgan fingerprint density at radius 2 is 1.94 bits per heavy atom. The average Bonchev–Trinajstić information content (AvgIpc) is 2.58. The Hall–Kier alpha value is -2.04. The molecule has 0 bridgehead atoms. The molecule has 0 aliphatic carbocycles. The van der Waals surface area contributed by atoms with E-state index in [-0.39, 0.29) is 11.3 Å². The van der Waals surface area contributed by atoms with Gasteiger partial charge in [-0.3, -0.25) is 0 Å². The highest BCUT2D eigenvalue weighted by molar-refractivity contribution is 5.48. The Balaban J connectivity index is 2.68. The molecule has 0 amide bonds. The first-order valence-corrected chi connectivity index (χ1v) is 4.99. The molecule has 1 aromatic carbocycles. The first kappa shape index (κ1) is 11.4. The second kappa shape index (κ2) is 4.08. The van der Waals surface area contributed by atoms with Crippen molar-refractivity contribution in [3.8, 4) is 17.4 Å². The molecule has 0 fully saturated rings. The molecular weight excluding hydrogens is 228 g/mol. The molecule has 17 heavy (non-hydrogen) atoms. The van der Waals surface area contributed by atoms with Crippen molar-refractivity contribution < 1.29 is 19.0 Å². The number of aryl methyl sites for hydroxylation is 1. The van der Waals surface area contributed by atoms with Gasteiger partial charge in [0.2, 0.25) is 5.88 Å². The van der Waals surface area contributed by atoms with E-state index in [1.54, 1.807) is 13.0 Å². The smallest absolute Gasteiger partial charge is 0.204 e. The van der Waals surface area contributed by atoms with E-state index < -0.39 is 24.3 Å². The molecular formula is C12H11F2NO2. The summed E-state index contributed by atoms with van der Waals surface area (Å²) in [5.41, 5.74) is 0.666. The lowest BCUT2D eigenvalue weighted by atomic mass is 10.2. The number of halogens is 2. The summed E-state index contributed by atoms with van der Waals surface area (Å²) in [7, 11) is 0. The number of alkyl halides is 1. The molecule has 0 saturated heterocycles. The maximum atomic E-state index is 13.6. The molecule has 2 aromatic rings. The van der Waals surface area contributed by atoms with Gasteiger partial charge in [-0.05, 0) is 24.6 Å². The van der Waals surface area contributed by atoms with Crippen molar-refractivity contribution in [1.82, 2.24) is 4.57 Å². The van der Waals surface area contributed by atoms with Gasteiger partial charge in [0.25, 0.3) is 0 Å². The normalized spacial score (nSPS) is 10.8. The van der Waals surface area contributed by atoms with Crippen molar-refractivity contribution in [3.05, 3.63) is 41.2 Å². The van der Waals surface area contributed by atoms with Gasteiger partial charge in [-0.2, -0.15) is 0 Å². The molecule has 1 aromatic heterocycles. The predicted molar refractivity (Wildman–Crippen MR) is 58.6 cm³/mol. The van der Waals surface area contributed by atoms with Crippen LogP contribution in [0.4, 0.5) is 8.78 Å². The summed E-state index contributed by atoms with van der Waals surface area (Å²) in [4.78, 5) is 0. The van der Waals surface area contributed by atoms with E-state index in [1.807, 2.05) is 0 Å². The molecule has 90 valence electrons. The summed E-state index contributed by atoms with van der Waals surface area (Å²) in [6, 6.07) is 5.30. The lowest BCUT2D eigenvalue weighted by Gasteiger charge is -2.09. The second-order valence-corrected chi connectivity index (χ2v) is 3.78. The van der Waals surface area contributed by atoms with Gasteiger partial charge in [-0.25, -0.2) is 13.3 Å². The maximum absolute atomic E-state index is 13.6. The van der Waals surface area contributed by atoms with Gasteiger partial charge in [-0.1, -0.05) is 6.07 Å². The topological polar surface area (TPSA) is 45.4 Å².